The van der Waals surface area contributed by atoms with Crippen molar-refractivity contribution in [2.24, 2.45) is 0 Å². The summed E-state index contributed by atoms with van der Waals surface area (Å²) in [5.74, 6) is 1.60. The van der Waals surface area contributed by atoms with Gasteiger partial charge in [0, 0.05) is 31.6 Å². The van der Waals surface area contributed by atoms with Crippen molar-refractivity contribution in [2.45, 2.75) is 26.7 Å². The van der Waals surface area contributed by atoms with Gasteiger partial charge in [-0.25, -0.2) is 9.97 Å². The van der Waals surface area contributed by atoms with Gasteiger partial charge in [0.25, 0.3) is 0 Å². The van der Waals surface area contributed by atoms with Crippen LogP contribution in [0.5, 0.6) is 0 Å². The quantitative estimate of drug-likeness (QED) is 0.673. The number of benzene rings is 1. The molecule has 0 bridgehead atoms. The van der Waals surface area contributed by atoms with Crippen molar-refractivity contribution in [3.8, 4) is 0 Å². The minimum Gasteiger partial charge on any atom is -0.450 e. The molecule has 0 spiro atoms. The van der Waals surface area contributed by atoms with Gasteiger partial charge in [0.2, 0.25) is 0 Å². The van der Waals surface area contributed by atoms with Crippen LogP contribution in [0.25, 0.3) is 22.1 Å². The zero-order valence-electron chi connectivity index (χ0n) is 13.1. The Balaban J connectivity index is 1.93. The molecule has 5 heteroatoms. The van der Waals surface area contributed by atoms with E-state index in [1.54, 1.807) is 0 Å². The fourth-order valence-corrected chi connectivity index (χ4v) is 2.44. The minimum atomic E-state index is 0.731. The summed E-state index contributed by atoms with van der Waals surface area (Å²) in [5, 5.41) is 4.39. The highest BCUT2D eigenvalue weighted by Crippen LogP contribution is 2.31. The molecule has 1 N–H and O–H groups in total. The average Bonchev–Trinajstić information content (AvgIpc) is 2.93. The molecule has 0 atom stereocenters. The van der Waals surface area contributed by atoms with Crippen molar-refractivity contribution < 1.29 is 9.15 Å². The SMILES string of the molecule is CCOCCCNc1nc(CC)nc2c1oc1ccccc12. The number of anilines is 1. The fraction of sp³-hybridized carbons (Fsp3) is 0.412. The van der Waals surface area contributed by atoms with E-state index in [0.717, 1.165) is 66.3 Å². The van der Waals surface area contributed by atoms with Crippen molar-refractivity contribution in [2.75, 3.05) is 25.1 Å². The zero-order chi connectivity index (χ0) is 15.4. The number of rotatable bonds is 7. The zero-order valence-corrected chi connectivity index (χ0v) is 13.1. The van der Waals surface area contributed by atoms with Gasteiger partial charge in [0.15, 0.2) is 11.4 Å². The molecule has 3 aromatic rings. The molecule has 22 heavy (non-hydrogen) atoms. The standard InChI is InChI=1S/C17H21N3O2/c1-3-14-19-15-12-8-5-6-9-13(12)22-16(15)17(20-14)18-10-7-11-21-4-2/h5-6,8-9H,3-4,7,10-11H2,1-2H3,(H,18,19,20). The first-order valence-electron chi connectivity index (χ1n) is 7.83. The van der Waals surface area contributed by atoms with Crippen LogP contribution in [0.4, 0.5) is 5.82 Å². The normalized spacial score (nSPS) is 11.4. The summed E-state index contributed by atoms with van der Waals surface area (Å²) >= 11 is 0. The predicted octanol–water partition coefficient (Wildman–Crippen LogP) is 3.78. The molecule has 0 amide bonds. The lowest BCUT2D eigenvalue weighted by Gasteiger charge is -2.07. The van der Waals surface area contributed by atoms with E-state index in [1.165, 1.54) is 0 Å². The molecule has 0 aliphatic carbocycles. The summed E-state index contributed by atoms with van der Waals surface area (Å²) in [6, 6.07) is 7.96. The summed E-state index contributed by atoms with van der Waals surface area (Å²) in [4.78, 5) is 9.21. The van der Waals surface area contributed by atoms with Crippen molar-refractivity contribution in [1.82, 2.24) is 9.97 Å². The lowest BCUT2D eigenvalue weighted by molar-refractivity contribution is 0.147. The van der Waals surface area contributed by atoms with Crippen molar-refractivity contribution in [3.63, 3.8) is 0 Å². The Morgan fingerprint density at radius 2 is 2.05 bits per heavy atom. The number of ether oxygens (including phenoxy) is 1. The fourth-order valence-electron chi connectivity index (χ4n) is 2.44. The van der Waals surface area contributed by atoms with Gasteiger partial charge in [-0.05, 0) is 25.5 Å². The number of nitrogens with one attached hydrogen (secondary N) is 1. The molecule has 2 heterocycles. The van der Waals surface area contributed by atoms with Crippen LogP contribution < -0.4 is 5.32 Å². The summed E-state index contributed by atoms with van der Waals surface area (Å²) in [7, 11) is 0. The van der Waals surface area contributed by atoms with Gasteiger partial charge in [0.1, 0.15) is 16.9 Å². The lowest BCUT2D eigenvalue weighted by Crippen LogP contribution is -2.08. The van der Waals surface area contributed by atoms with Crippen LogP contribution in [0.3, 0.4) is 0 Å². The Morgan fingerprint density at radius 1 is 1.18 bits per heavy atom. The summed E-state index contributed by atoms with van der Waals surface area (Å²) in [5.41, 5.74) is 2.46. The molecule has 0 unspecified atom stereocenters. The molecule has 2 aromatic heterocycles. The van der Waals surface area contributed by atoms with Crippen LogP contribution in [0.1, 0.15) is 26.1 Å². The van der Waals surface area contributed by atoms with Crippen LogP contribution in [0.15, 0.2) is 28.7 Å². The number of para-hydroxylation sites is 1. The third kappa shape index (κ3) is 2.90. The van der Waals surface area contributed by atoms with Crippen LogP contribution >= 0.6 is 0 Å². The van der Waals surface area contributed by atoms with Crippen molar-refractivity contribution >= 4 is 27.9 Å². The number of hydrogen-bond acceptors (Lipinski definition) is 5. The monoisotopic (exact) mass is 299 g/mol. The number of nitrogens with zero attached hydrogens (tertiary/aromatic N) is 2. The van der Waals surface area contributed by atoms with Gasteiger partial charge in [-0.3, -0.25) is 0 Å². The molecule has 0 fully saturated rings. The highest BCUT2D eigenvalue weighted by Gasteiger charge is 2.14. The van der Waals surface area contributed by atoms with E-state index in [-0.39, 0.29) is 0 Å². The molecule has 0 aliphatic rings. The topological polar surface area (TPSA) is 60.2 Å². The molecular weight excluding hydrogens is 278 g/mol. The molecule has 1 aromatic carbocycles. The summed E-state index contributed by atoms with van der Waals surface area (Å²) < 4.78 is 11.3. The second kappa shape index (κ2) is 6.75. The second-order valence-electron chi connectivity index (χ2n) is 5.10. The maximum Gasteiger partial charge on any atom is 0.196 e. The van der Waals surface area contributed by atoms with Crippen LogP contribution in [-0.4, -0.2) is 29.7 Å². The van der Waals surface area contributed by atoms with Gasteiger partial charge in [-0.15, -0.1) is 0 Å². The van der Waals surface area contributed by atoms with Gasteiger partial charge in [-0.2, -0.15) is 0 Å². The van der Waals surface area contributed by atoms with Crippen LogP contribution in [0, 0.1) is 0 Å². The van der Waals surface area contributed by atoms with E-state index in [9.17, 15) is 0 Å². The summed E-state index contributed by atoms with van der Waals surface area (Å²) in [6.45, 7) is 6.36. The number of fused-ring (bicyclic) bond motifs is 3. The van der Waals surface area contributed by atoms with Gasteiger partial charge < -0.3 is 14.5 Å². The van der Waals surface area contributed by atoms with Gasteiger partial charge in [-0.1, -0.05) is 19.1 Å². The molecule has 3 rings (SSSR count). The smallest absolute Gasteiger partial charge is 0.196 e. The van der Waals surface area contributed by atoms with Crippen molar-refractivity contribution in [1.29, 1.82) is 0 Å². The first-order valence-corrected chi connectivity index (χ1v) is 7.83. The Bertz CT molecular complexity index is 767. The van der Waals surface area contributed by atoms with Gasteiger partial charge >= 0.3 is 0 Å². The second-order valence-corrected chi connectivity index (χ2v) is 5.10. The molecule has 0 aliphatic heterocycles. The molecule has 5 nitrogen and oxygen atoms in total. The van der Waals surface area contributed by atoms with E-state index >= 15 is 0 Å². The maximum absolute atomic E-state index is 5.94. The average molecular weight is 299 g/mol. The molecule has 0 saturated heterocycles. The minimum absolute atomic E-state index is 0.731. The summed E-state index contributed by atoms with van der Waals surface area (Å²) in [6.07, 6.45) is 1.73. The molecular formula is C17H21N3O2. The van der Waals surface area contributed by atoms with E-state index in [0.29, 0.717) is 0 Å². The molecule has 0 radical (unpaired) electrons. The first kappa shape index (κ1) is 14.8. The third-order valence-corrected chi connectivity index (χ3v) is 3.54. The predicted molar refractivity (Wildman–Crippen MR) is 88.3 cm³/mol. The van der Waals surface area contributed by atoms with Crippen LogP contribution in [-0.2, 0) is 11.2 Å². The van der Waals surface area contributed by atoms with E-state index < -0.39 is 0 Å². The number of hydrogen-bond donors (Lipinski definition) is 1. The number of aryl methyl sites for hydroxylation is 1. The molecule has 116 valence electrons. The largest absolute Gasteiger partial charge is 0.450 e. The third-order valence-electron chi connectivity index (χ3n) is 3.54. The molecule has 0 saturated carbocycles. The maximum atomic E-state index is 5.94. The first-order chi connectivity index (χ1) is 10.8. The van der Waals surface area contributed by atoms with Crippen LogP contribution in [0.2, 0.25) is 0 Å². The Morgan fingerprint density at radius 3 is 2.86 bits per heavy atom. The van der Waals surface area contributed by atoms with E-state index in [2.05, 4.69) is 22.2 Å². The van der Waals surface area contributed by atoms with Gasteiger partial charge in [0.05, 0.1) is 0 Å². The number of aromatic nitrogens is 2. The Hall–Kier alpha value is -2.14. The Kier molecular flexibility index (Phi) is 4.53. The van der Waals surface area contributed by atoms with E-state index in [4.69, 9.17) is 9.15 Å². The van der Waals surface area contributed by atoms with Crippen molar-refractivity contribution in [3.05, 3.63) is 30.1 Å². The van der Waals surface area contributed by atoms with E-state index in [1.807, 2.05) is 31.2 Å². The number of furan rings is 1. The Labute approximate surface area is 129 Å². The highest BCUT2D eigenvalue weighted by molar-refractivity contribution is 6.05. The highest BCUT2D eigenvalue weighted by atomic mass is 16.5. The lowest BCUT2D eigenvalue weighted by atomic mass is 10.2.